The highest BCUT2D eigenvalue weighted by Gasteiger charge is 2.25. The van der Waals surface area contributed by atoms with Gasteiger partial charge in [0.1, 0.15) is 22.8 Å². The van der Waals surface area contributed by atoms with Crippen molar-refractivity contribution in [1.82, 2.24) is 0 Å². The molecule has 10 nitrogen and oxygen atoms in total. The molecule has 2 rings (SSSR count). The summed E-state index contributed by atoms with van der Waals surface area (Å²) in [7, 11) is 4.13. The second kappa shape index (κ2) is 9.40. The van der Waals surface area contributed by atoms with Crippen molar-refractivity contribution >= 4 is 23.3 Å². The number of nitro groups is 1. The summed E-state index contributed by atoms with van der Waals surface area (Å²) in [4.78, 5) is 35.4. The van der Waals surface area contributed by atoms with Gasteiger partial charge >= 0.3 is 5.97 Å². The third-order valence-corrected chi connectivity index (χ3v) is 3.94. The van der Waals surface area contributed by atoms with Gasteiger partial charge in [-0.3, -0.25) is 14.9 Å². The normalized spacial score (nSPS) is 11.2. The minimum atomic E-state index is -1.22. The van der Waals surface area contributed by atoms with Gasteiger partial charge in [-0.25, -0.2) is 4.79 Å². The first-order valence-corrected chi connectivity index (χ1v) is 8.37. The van der Waals surface area contributed by atoms with E-state index < -0.39 is 22.9 Å². The molecule has 0 saturated carbocycles. The fraction of sp³-hybridized carbons (Fsp3) is 0.263. The van der Waals surface area contributed by atoms with Crippen LogP contribution in [-0.2, 0) is 9.53 Å². The average molecular weight is 404 g/mol. The van der Waals surface area contributed by atoms with Crippen LogP contribution in [0.2, 0.25) is 0 Å². The lowest BCUT2D eigenvalue weighted by Gasteiger charge is -2.17. The van der Waals surface area contributed by atoms with Crippen LogP contribution in [0.4, 0.5) is 11.4 Å². The van der Waals surface area contributed by atoms with Gasteiger partial charge in [-0.1, -0.05) is 6.07 Å². The van der Waals surface area contributed by atoms with Crippen LogP contribution in [0.25, 0.3) is 0 Å². The number of anilines is 1. The third-order valence-electron chi connectivity index (χ3n) is 3.94. The number of non-ortho nitro benzene ring substituents is 1. The van der Waals surface area contributed by atoms with E-state index in [0.29, 0.717) is 0 Å². The van der Waals surface area contributed by atoms with Crippen LogP contribution in [-0.4, -0.2) is 44.2 Å². The Morgan fingerprint density at radius 1 is 1.00 bits per heavy atom. The molecule has 0 aliphatic carbocycles. The lowest BCUT2D eigenvalue weighted by molar-refractivity contribution is -0.384. The number of nitrogens with one attached hydrogen (secondary N) is 1. The molecule has 1 N–H and O–H groups in total. The van der Waals surface area contributed by atoms with E-state index in [2.05, 4.69) is 5.32 Å². The molecule has 0 fully saturated rings. The van der Waals surface area contributed by atoms with E-state index in [9.17, 15) is 19.7 Å². The number of rotatable bonds is 8. The number of nitrogens with zero attached hydrogens (tertiary/aromatic N) is 1. The Morgan fingerprint density at radius 2 is 1.59 bits per heavy atom. The Labute approximate surface area is 166 Å². The molecule has 0 saturated heterocycles. The highest BCUT2D eigenvalue weighted by atomic mass is 16.6. The molecule has 29 heavy (non-hydrogen) atoms. The lowest BCUT2D eigenvalue weighted by Crippen LogP contribution is -2.30. The van der Waals surface area contributed by atoms with E-state index in [1.54, 1.807) is 18.2 Å². The maximum Gasteiger partial charge on any atom is 0.346 e. The topological polar surface area (TPSA) is 126 Å². The predicted molar refractivity (Wildman–Crippen MR) is 103 cm³/mol. The second-order valence-electron chi connectivity index (χ2n) is 5.72. The van der Waals surface area contributed by atoms with Crippen LogP contribution >= 0.6 is 0 Å². The summed E-state index contributed by atoms with van der Waals surface area (Å²) in [5.74, 6) is -0.863. The fourth-order valence-electron chi connectivity index (χ4n) is 2.47. The fourth-order valence-corrected chi connectivity index (χ4v) is 2.47. The number of esters is 1. The van der Waals surface area contributed by atoms with Crippen LogP contribution in [0, 0.1) is 10.1 Å². The van der Waals surface area contributed by atoms with E-state index >= 15 is 0 Å². The Balaban J connectivity index is 2.19. The molecule has 154 valence electrons. The number of carbonyl (C=O) groups is 2. The highest BCUT2D eigenvalue weighted by molar-refractivity contribution is 6.00. The molecule has 0 spiro atoms. The monoisotopic (exact) mass is 404 g/mol. The van der Waals surface area contributed by atoms with Gasteiger partial charge < -0.3 is 24.3 Å². The van der Waals surface area contributed by atoms with Crippen molar-refractivity contribution in [1.29, 1.82) is 0 Å². The molecular weight excluding hydrogens is 384 g/mol. The van der Waals surface area contributed by atoms with Crippen LogP contribution in [0.15, 0.2) is 36.4 Å². The second-order valence-corrected chi connectivity index (χ2v) is 5.72. The van der Waals surface area contributed by atoms with Crippen molar-refractivity contribution < 1.29 is 33.5 Å². The molecule has 0 unspecified atom stereocenters. The van der Waals surface area contributed by atoms with Crippen molar-refractivity contribution in [3.8, 4) is 17.2 Å². The molecule has 10 heteroatoms. The molecule has 0 heterocycles. The number of carbonyl (C=O) groups excluding carboxylic acids is 2. The van der Waals surface area contributed by atoms with Gasteiger partial charge in [0.2, 0.25) is 0 Å². The van der Waals surface area contributed by atoms with Crippen LogP contribution in [0.1, 0.15) is 17.3 Å². The van der Waals surface area contributed by atoms with Gasteiger partial charge in [0.05, 0.1) is 31.9 Å². The third kappa shape index (κ3) is 4.92. The molecule has 1 amide bonds. The number of benzene rings is 2. The first-order valence-electron chi connectivity index (χ1n) is 8.37. The smallest absolute Gasteiger partial charge is 0.346 e. The van der Waals surface area contributed by atoms with Crippen molar-refractivity contribution in [2.24, 2.45) is 0 Å². The zero-order valence-electron chi connectivity index (χ0n) is 16.3. The quantitative estimate of drug-likeness (QED) is 0.404. The summed E-state index contributed by atoms with van der Waals surface area (Å²) in [5.41, 5.74) is -0.126. The van der Waals surface area contributed by atoms with Crippen molar-refractivity contribution in [3.05, 3.63) is 52.1 Å². The summed E-state index contributed by atoms with van der Waals surface area (Å²) >= 11 is 0. The molecule has 2 aromatic carbocycles. The lowest BCUT2D eigenvalue weighted by atomic mass is 10.1. The molecule has 0 aromatic heterocycles. The van der Waals surface area contributed by atoms with Gasteiger partial charge in [0.25, 0.3) is 11.6 Å². The SMILES string of the molecule is COc1ccc([N+](=O)[O-])cc1NC(=O)[C@H](C)OC(=O)c1c(OC)cccc1OC. The number of nitro benzene ring substituents is 1. The van der Waals surface area contributed by atoms with Gasteiger partial charge in [-0.15, -0.1) is 0 Å². The summed E-state index contributed by atoms with van der Waals surface area (Å²) in [6.07, 6.45) is -1.22. The molecule has 0 radical (unpaired) electrons. The summed E-state index contributed by atoms with van der Waals surface area (Å²) in [6, 6.07) is 8.49. The van der Waals surface area contributed by atoms with Crippen molar-refractivity contribution in [2.45, 2.75) is 13.0 Å². The molecule has 1 atom stereocenters. The standard InChI is InChI=1S/C19H20N2O8/c1-11(29-19(23)17-15(27-3)6-5-7-16(17)28-4)18(22)20-13-10-12(21(24)25)8-9-14(13)26-2/h5-11H,1-4H3,(H,20,22)/t11-/m0/s1. The maximum absolute atomic E-state index is 12.6. The Kier molecular flexibility index (Phi) is 6.96. The summed E-state index contributed by atoms with van der Waals surface area (Å²) in [5, 5.41) is 13.4. The number of hydrogen-bond donors (Lipinski definition) is 1. The van der Waals surface area contributed by atoms with Crippen molar-refractivity contribution in [3.63, 3.8) is 0 Å². The molecule has 0 aliphatic heterocycles. The van der Waals surface area contributed by atoms with E-state index in [1.165, 1.54) is 40.4 Å². The van der Waals surface area contributed by atoms with E-state index in [-0.39, 0.29) is 34.2 Å². The van der Waals surface area contributed by atoms with Gasteiger partial charge in [-0.05, 0) is 25.1 Å². The largest absolute Gasteiger partial charge is 0.496 e. The number of ether oxygens (including phenoxy) is 4. The van der Waals surface area contributed by atoms with E-state index in [0.717, 1.165) is 6.07 Å². The number of amides is 1. The zero-order chi connectivity index (χ0) is 21.6. The Morgan fingerprint density at radius 3 is 2.10 bits per heavy atom. The molecule has 0 bridgehead atoms. The van der Waals surface area contributed by atoms with Crippen LogP contribution < -0.4 is 19.5 Å². The Bertz CT molecular complexity index is 906. The highest BCUT2D eigenvalue weighted by Crippen LogP contribution is 2.30. The number of hydrogen-bond acceptors (Lipinski definition) is 8. The average Bonchev–Trinajstić information content (AvgIpc) is 2.72. The van der Waals surface area contributed by atoms with E-state index in [1.807, 2.05) is 0 Å². The Hall–Kier alpha value is -3.82. The molecule has 2 aromatic rings. The van der Waals surface area contributed by atoms with Gasteiger partial charge in [-0.2, -0.15) is 0 Å². The van der Waals surface area contributed by atoms with Crippen LogP contribution in [0.3, 0.4) is 0 Å². The summed E-state index contributed by atoms with van der Waals surface area (Å²) < 4.78 is 20.6. The summed E-state index contributed by atoms with van der Waals surface area (Å²) in [6.45, 7) is 1.36. The molecule has 0 aliphatic rings. The van der Waals surface area contributed by atoms with Crippen molar-refractivity contribution in [2.75, 3.05) is 26.6 Å². The first kappa shape index (κ1) is 21.5. The van der Waals surface area contributed by atoms with Gasteiger partial charge in [0, 0.05) is 12.1 Å². The number of methoxy groups -OCH3 is 3. The van der Waals surface area contributed by atoms with E-state index in [4.69, 9.17) is 18.9 Å². The zero-order valence-corrected chi connectivity index (χ0v) is 16.3. The van der Waals surface area contributed by atoms with Crippen LogP contribution in [0.5, 0.6) is 17.2 Å². The molecular formula is C19H20N2O8. The maximum atomic E-state index is 12.6. The first-order chi connectivity index (χ1) is 13.8. The predicted octanol–water partition coefficient (Wildman–Crippen LogP) is 2.80. The minimum Gasteiger partial charge on any atom is -0.496 e. The minimum absolute atomic E-state index is 0.0325. The van der Waals surface area contributed by atoms with Gasteiger partial charge in [0.15, 0.2) is 6.10 Å².